The third-order valence-electron chi connectivity index (χ3n) is 2.25. The monoisotopic (exact) mass is 223 g/mol. The number of hydrogen-bond donors (Lipinski definition) is 2. The highest BCUT2D eigenvalue weighted by molar-refractivity contribution is 6.28. The Morgan fingerprint density at radius 3 is 2.93 bits per heavy atom. The first-order chi connectivity index (χ1) is 7.13. The van der Waals surface area contributed by atoms with E-state index in [4.69, 9.17) is 17.3 Å². The molecule has 0 fully saturated rings. The van der Waals surface area contributed by atoms with E-state index in [2.05, 4.69) is 26.7 Å². The number of nitrogens with zero attached hydrogens (tertiary/aromatic N) is 3. The fourth-order valence-electron chi connectivity index (χ4n) is 1.39. The Labute approximate surface area is 91.4 Å². The lowest BCUT2D eigenvalue weighted by atomic mass is 10.1. The van der Waals surface area contributed by atoms with E-state index in [-0.39, 0.29) is 11.2 Å². The lowest BCUT2D eigenvalue weighted by Crippen LogP contribution is -1.97. The van der Waals surface area contributed by atoms with Crippen LogP contribution in [0.2, 0.25) is 5.28 Å². The Balaban J connectivity index is 2.74. The molecule has 0 amide bonds. The van der Waals surface area contributed by atoms with Crippen LogP contribution in [0.5, 0.6) is 0 Å². The number of rotatable bonds is 2. The molecule has 2 heterocycles. The van der Waals surface area contributed by atoms with Crippen LogP contribution in [0.4, 0.5) is 5.82 Å². The topological polar surface area (TPSA) is 80.5 Å². The summed E-state index contributed by atoms with van der Waals surface area (Å²) in [5.74, 6) is 0.449. The van der Waals surface area contributed by atoms with Crippen LogP contribution in [0, 0.1) is 0 Å². The van der Waals surface area contributed by atoms with Crippen LogP contribution in [0.3, 0.4) is 0 Å². The molecule has 5 nitrogen and oxygen atoms in total. The predicted molar refractivity (Wildman–Crippen MR) is 59.7 cm³/mol. The third kappa shape index (κ3) is 1.55. The smallest absolute Gasteiger partial charge is 0.226 e. The molecule has 0 radical (unpaired) electrons. The molecule has 2 aromatic rings. The maximum absolute atomic E-state index is 5.76. The Hall–Kier alpha value is -1.62. The molecule has 0 spiro atoms. The van der Waals surface area contributed by atoms with Gasteiger partial charge in [-0.1, -0.05) is 13.0 Å². The van der Waals surface area contributed by atoms with Crippen LogP contribution >= 0.6 is 11.6 Å². The van der Waals surface area contributed by atoms with E-state index < -0.39 is 0 Å². The van der Waals surface area contributed by atoms with Gasteiger partial charge in [-0.3, -0.25) is 5.10 Å². The highest BCUT2D eigenvalue weighted by atomic mass is 35.5. The molecule has 1 atom stereocenters. The van der Waals surface area contributed by atoms with Crippen molar-refractivity contribution in [1.82, 2.24) is 20.2 Å². The van der Waals surface area contributed by atoms with Crippen molar-refractivity contribution in [2.45, 2.75) is 12.8 Å². The molecular formula is C9H10ClN5. The molecule has 0 bridgehead atoms. The number of nitrogens with two attached hydrogens (primary N) is 1. The van der Waals surface area contributed by atoms with Crippen molar-refractivity contribution in [3.05, 3.63) is 23.6 Å². The molecule has 0 aliphatic heterocycles. The van der Waals surface area contributed by atoms with Gasteiger partial charge in [-0.25, -0.2) is 4.98 Å². The van der Waals surface area contributed by atoms with Crippen molar-refractivity contribution in [2.24, 2.45) is 0 Å². The van der Waals surface area contributed by atoms with Crippen LogP contribution < -0.4 is 5.73 Å². The van der Waals surface area contributed by atoms with Crippen LogP contribution in [0.25, 0.3) is 11.0 Å². The first-order valence-electron chi connectivity index (χ1n) is 4.43. The summed E-state index contributed by atoms with van der Waals surface area (Å²) in [6, 6.07) is 0. The lowest BCUT2D eigenvalue weighted by Gasteiger charge is -2.03. The number of hydrogen-bond acceptors (Lipinski definition) is 4. The molecule has 0 aromatic carbocycles. The molecule has 0 saturated heterocycles. The van der Waals surface area contributed by atoms with E-state index in [0.29, 0.717) is 16.9 Å². The normalized spacial score (nSPS) is 12.9. The molecule has 2 rings (SSSR count). The maximum Gasteiger partial charge on any atom is 0.226 e. The molecule has 3 N–H and O–H groups in total. The second-order valence-electron chi connectivity index (χ2n) is 3.24. The van der Waals surface area contributed by atoms with E-state index in [1.54, 1.807) is 6.08 Å². The third-order valence-corrected chi connectivity index (χ3v) is 2.42. The van der Waals surface area contributed by atoms with Crippen molar-refractivity contribution < 1.29 is 0 Å². The van der Waals surface area contributed by atoms with Crippen LogP contribution in [-0.4, -0.2) is 20.2 Å². The van der Waals surface area contributed by atoms with E-state index in [9.17, 15) is 0 Å². The number of fused-ring (bicyclic) bond motifs is 1. The fourth-order valence-corrected chi connectivity index (χ4v) is 1.56. The highest BCUT2D eigenvalue weighted by Crippen LogP contribution is 2.27. The van der Waals surface area contributed by atoms with Gasteiger partial charge in [0.15, 0.2) is 5.65 Å². The van der Waals surface area contributed by atoms with Gasteiger partial charge in [0, 0.05) is 5.92 Å². The SMILES string of the molecule is C=C[C@H](C)c1[nH]nc2nc(Cl)nc(N)c12. The quantitative estimate of drug-likeness (QED) is 0.602. The van der Waals surface area contributed by atoms with E-state index >= 15 is 0 Å². The summed E-state index contributed by atoms with van der Waals surface area (Å²) in [7, 11) is 0. The zero-order chi connectivity index (χ0) is 11.0. The minimum atomic E-state index is 0.101. The molecule has 0 unspecified atom stereocenters. The Morgan fingerprint density at radius 2 is 2.27 bits per heavy atom. The molecule has 78 valence electrons. The van der Waals surface area contributed by atoms with E-state index in [1.165, 1.54) is 0 Å². The van der Waals surface area contributed by atoms with Gasteiger partial charge >= 0.3 is 0 Å². The second kappa shape index (κ2) is 3.51. The summed E-state index contributed by atoms with van der Waals surface area (Å²) < 4.78 is 0. The summed E-state index contributed by atoms with van der Waals surface area (Å²) in [5.41, 5.74) is 7.10. The standard InChI is InChI=1S/C9H10ClN5/c1-3-4(2)6-5-7(11)12-9(10)13-8(5)15-14-6/h3-4H,1H2,2H3,(H3,11,12,13,14,15)/t4-/m0/s1. The number of nitrogen functional groups attached to an aromatic ring is 1. The number of aromatic amines is 1. The van der Waals surface area contributed by atoms with Gasteiger partial charge in [-0.2, -0.15) is 10.1 Å². The summed E-state index contributed by atoms with van der Waals surface area (Å²) in [6.45, 7) is 5.70. The summed E-state index contributed by atoms with van der Waals surface area (Å²) in [4.78, 5) is 7.86. The van der Waals surface area contributed by atoms with Gasteiger partial charge in [0.2, 0.25) is 5.28 Å². The molecular weight excluding hydrogens is 214 g/mol. The van der Waals surface area contributed by atoms with Crippen molar-refractivity contribution >= 4 is 28.5 Å². The van der Waals surface area contributed by atoms with Crippen LogP contribution in [0.15, 0.2) is 12.7 Å². The second-order valence-corrected chi connectivity index (χ2v) is 3.58. The Kier molecular flexibility index (Phi) is 2.32. The Morgan fingerprint density at radius 1 is 1.53 bits per heavy atom. The summed E-state index contributed by atoms with van der Waals surface area (Å²) in [5, 5.41) is 7.71. The largest absolute Gasteiger partial charge is 0.383 e. The van der Waals surface area contributed by atoms with Crippen molar-refractivity contribution in [3.63, 3.8) is 0 Å². The predicted octanol–water partition coefficient (Wildman–Crippen LogP) is 1.88. The number of halogens is 1. The molecule has 0 aliphatic rings. The first-order valence-corrected chi connectivity index (χ1v) is 4.80. The van der Waals surface area contributed by atoms with Crippen LogP contribution in [0.1, 0.15) is 18.5 Å². The average Bonchev–Trinajstić information content (AvgIpc) is 2.60. The van der Waals surface area contributed by atoms with Gasteiger partial charge in [0.25, 0.3) is 0 Å². The molecule has 0 aliphatic carbocycles. The average molecular weight is 224 g/mol. The highest BCUT2D eigenvalue weighted by Gasteiger charge is 2.15. The minimum absolute atomic E-state index is 0.101. The van der Waals surface area contributed by atoms with Crippen LogP contribution in [-0.2, 0) is 0 Å². The number of nitrogens with one attached hydrogen (secondary N) is 1. The Bertz CT molecular complexity index is 518. The summed E-state index contributed by atoms with van der Waals surface area (Å²) in [6.07, 6.45) is 1.79. The number of H-pyrrole nitrogens is 1. The maximum atomic E-state index is 5.76. The van der Waals surface area contributed by atoms with Gasteiger partial charge < -0.3 is 5.73 Å². The first kappa shape index (κ1) is 9.92. The minimum Gasteiger partial charge on any atom is -0.383 e. The van der Waals surface area contributed by atoms with Gasteiger partial charge in [-0.15, -0.1) is 6.58 Å². The van der Waals surface area contributed by atoms with E-state index in [1.807, 2.05) is 6.92 Å². The zero-order valence-electron chi connectivity index (χ0n) is 8.16. The molecule has 0 saturated carbocycles. The van der Waals surface area contributed by atoms with Crippen molar-refractivity contribution in [3.8, 4) is 0 Å². The molecule has 2 aromatic heterocycles. The van der Waals surface area contributed by atoms with Gasteiger partial charge in [-0.05, 0) is 11.6 Å². The number of aromatic nitrogens is 4. The summed E-state index contributed by atoms with van der Waals surface area (Å²) >= 11 is 5.67. The zero-order valence-corrected chi connectivity index (χ0v) is 8.91. The number of anilines is 1. The van der Waals surface area contributed by atoms with Crippen molar-refractivity contribution in [2.75, 3.05) is 5.73 Å². The molecule has 15 heavy (non-hydrogen) atoms. The molecule has 6 heteroatoms. The van der Waals surface area contributed by atoms with Crippen molar-refractivity contribution in [1.29, 1.82) is 0 Å². The van der Waals surface area contributed by atoms with E-state index in [0.717, 1.165) is 5.69 Å². The number of allylic oxidation sites excluding steroid dienone is 1. The van der Waals surface area contributed by atoms with Gasteiger partial charge in [0.1, 0.15) is 5.82 Å². The van der Waals surface area contributed by atoms with Gasteiger partial charge in [0.05, 0.1) is 11.1 Å². The fraction of sp³-hybridized carbons (Fsp3) is 0.222. The lowest BCUT2D eigenvalue weighted by molar-refractivity contribution is 0.893.